The molecule has 12 heteroatoms. The van der Waals surface area contributed by atoms with Gasteiger partial charge in [0.05, 0.1) is 18.9 Å². The van der Waals surface area contributed by atoms with Crippen molar-refractivity contribution in [3.05, 3.63) is 18.2 Å². The Kier molecular flexibility index (Phi) is 10.2. The quantitative estimate of drug-likeness (QED) is 0.196. The highest BCUT2D eigenvalue weighted by Crippen LogP contribution is 2.04. The standard InChI is InChI=1S/C17H28N6O5S/c1-9(2)3-12(17(27)28)22-14(24)6-20-16(26)13(7-29)23-15(25)11(18)4-10-5-19-8-21-10/h5,8-9,11-13,29H,3-4,6-7,18H2,1-2H3,(H,19,21)(H,20,26)(H,22,24)(H,23,25)(H,27,28). The minimum absolute atomic E-state index is 0.0128. The Hall–Kier alpha value is -2.60. The van der Waals surface area contributed by atoms with E-state index < -0.39 is 48.4 Å². The molecular formula is C17H28N6O5S. The van der Waals surface area contributed by atoms with E-state index in [4.69, 9.17) is 10.8 Å². The van der Waals surface area contributed by atoms with Crippen LogP contribution in [-0.2, 0) is 25.6 Å². The number of aromatic amines is 1. The number of carbonyl (C=O) groups excluding carboxylic acids is 3. The normalized spacial score (nSPS) is 14.0. The second-order valence-electron chi connectivity index (χ2n) is 6.94. The second kappa shape index (κ2) is 12.1. The summed E-state index contributed by atoms with van der Waals surface area (Å²) in [5, 5.41) is 16.3. The van der Waals surface area contributed by atoms with Crippen molar-refractivity contribution in [1.82, 2.24) is 25.9 Å². The van der Waals surface area contributed by atoms with Crippen LogP contribution in [0.1, 0.15) is 26.0 Å². The number of aromatic nitrogens is 2. The van der Waals surface area contributed by atoms with Crippen LogP contribution in [0.3, 0.4) is 0 Å². The first kappa shape index (κ1) is 24.4. The molecule has 3 unspecified atom stereocenters. The number of nitrogens with two attached hydrogens (primary N) is 1. The number of H-pyrrole nitrogens is 1. The van der Waals surface area contributed by atoms with Gasteiger partial charge in [0.25, 0.3) is 0 Å². The third-order valence-electron chi connectivity index (χ3n) is 3.91. The molecule has 0 aliphatic heterocycles. The predicted molar refractivity (Wildman–Crippen MR) is 108 cm³/mol. The summed E-state index contributed by atoms with van der Waals surface area (Å²) in [7, 11) is 0. The first-order chi connectivity index (χ1) is 13.6. The molecule has 1 heterocycles. The smallest absolute Gasteiger partial charge is 0.326 e. The highest BCUT2D eigenvalue weighted by Gasteiger charge is 2.25. The number of nitrogens with zero attached hydrogens (tertiary/aromatic N) is 1. The lowest BCUT2D eigenvalue weighted by Gasteiger charge is -2.20. The van der Waals surface area contributed by atoms with Crippen molar-refractivity contribution in [1.29, 1.82) is 0 Å². The molecule has 0 aliphatic carbocycles. The lowest BCUT2D eigenvalue weighted by Crippen LogP contribution is -2.54. The SMILES string of the molecule is CC(C)CC(NC(=O)CNC(=O)C(CS)NC(=O)C(N)Cc1cnc[nH]1)C(=O)O. The average molecular weight is 429 g/mol. The molecule has 3 amide bonds. The number of carbonyl (C=O) groups is 4. The molecule has 162 valence electrons. The van der Waals surface area contributed by atoms with Crippen molar-refractivity contribution in [3.8, 4) is 0 Å². The van der Waals surface area contributed by atoms with E-state index in [-0.39, 0.29) is 24.5 Å². The summed E-state index contributed by atoms with van der Waals surface area (Å²) in [6, 6.07) is -2.95. The van der Waals surface area contributed by atoms with E-state index in [2.05, 4.69) is 38.5 Å². The number of rotatable bonds is 12. The zero-order valence-electron chi connectivity index (χ0n) is 16.3. The van der Waals surface area contributed by atoms with Gasteiger partial charge in [0.15, 0.2) is 0 Å². The predicted octanol–water partition coefficient (Wildman–Crippen LogP) is -1.57. The number of aliphatic carboxylic acids is 1. The zero-order valence-corrected chi connectivity index (χ0v) is 17.2. The molecule has 0 radical (unpaired) electrons. The number of hydrogen-bond donors (Lipinski definition) is 7. The van der Waals surface area contributed by atoms with Crippen LogP contribution in [-0.4, -0.2) is 69.2 Å². The van der Waals surface area contributed by atoms with E-state index >= 15 is 0 Å². The number of hydrogen-bond acceptors (Lipinski definition) is 7. The number of thiol groups is 1. The molecule has 11 nitrogen and oxygen atoms in total. The summed E-state index contributed by atoms with van der Waals surface area (Å²) < 4.78 is 0. The fraction of sp³-hybridized carbons (Fsp3) is 0.588. The van der Waals surface area contributed by atoms with Crippen molar-refractivity contribution in [2.24, 2.45) is 11.7 Å². The van der Waals surface area contributed by atoms with Crippen molar-refractivity contribution < 1.29 is 24.3 Å². The van der Waals surface area contributed by atoms with Crippen LogP contribution in [0.25, 0.3) is 0 Å². The second-order valence-corrected chi connectivity index (χ2v) is 7.30. The van der Waals surface area contributed by atoms with Gasteiger partial charge in [0.2, 0.25) is 17.7 Å². The summed E-state index contributed by atoms with van der Waals surface area (Å²) >= 11 is 4.04. The van der Waals surface area contributed by atoms with Gasteiger partial charge in [-0.05, 0) is 12.3 Å². The Morgan fingerprint density at radius 1 is 1.21 bits per heavy atom. The third kappa shape index (κ3) is 8.96. The molecule has 0 aromatic carbocycles. The van der Waals surface area contributed by atoms with Gasteiger partial charge >= 0.3 is 5.97 Å². The molecule has 0 saturated heterocycles. The van der Waals surface area contributed by atoms with Crippen LogP contribution in [0.5, 0.6) is 0 Å². The van der Waals surface area contributed by atoms with E-state index in [1.165, 1.54) is 12.5 Å². The Labute approximate surface area is 174 Å². The number of amides is 3. The molecule has 3 atom stereocenters. The zero-order chi connectivity index (χ0) is 22.0. The van der Waals surface area contributed by atoms with Gasteiger partial charge in [-0.1, -0.05) is 13.8 Å². The number of carboxylic acid groups (broad SMARTS) is 1. The van der Waals surface area contributed by atoms with Crippen molar-refractivity contribution >= 4 is 36.3 Å². The summed E-state index contributed by atoms with van der Waals surface area (Å²) in [6.45, 7) is 3.24. The molecule has 29 heavy (non-hydrogen) atoms. The lowest BCUT2D eigenvalue weighted by molar-refractivity contribution is -0.142. The minimum atomic E-state index is -1.15. The molecule has 1 aromatic rings. The van der Waals surface area contributed by atoms with E-state index in [1.807, 2.05) is 13.8 Å². The Bertz CT molecular complexity index is 696. The van der Waals surface area contributed by atoms with E-state index in [0.29, 0.717) is 5.69 Å². The van der Waals surface area contributed by atoms with Gasteiger partial charge < -0.3 is 31.8 Å². The largest absolute Gasteiger partial charge is 0.480 e. The number of nitrogens with one attached hydrogen (secondary N) is 4. The topological polar surface area (TPSA) is 179 Å². The molecule has 0 fully saturated rings. The Morgan fingerprint density at radius 3 is 2.41 bits per heavy atom. The monoisotopic (exact) mass is 428 g/mol. The van der Waals surface area contributed by atoms with Crippen molar-refractivity contribution in [2.75, 3.05) is 12.3 Å². The summed E-state index contributed by atoms with van der Waals surface area (Å²) in [5.41, 5.74) is 6.49. The molecule has 0 aliphatic rings. The maximum absolute atomic E-state index is 12.2. The van der Waals surface area contributed by atoms with Gasteiger partial charge in [0, 0.05) is 24.1 Å². The molecular weight excluding hydrogens is 400 g/mol. The average Bonchev–Trinajstić information content (AvgIpc) is 3.15. The van der Waals surface area contributed by atoms with E-state index in [0.717, 1.165) is 0 Å². The minimum Gasteiger partial charge on any atom is -0.480 e. The third-order valence-corrected chi connectivity index (χ3v) is 4.28. The first-order valence-corrected chi connectivity index (χ1v) is 9.71. The number of carboxylic acids is 1. The highest BCUT2D eigenvalue weighted by molar-refractivity contribution is 7.80. The van der Waals surface area contributed by atoms with Crippen LogP contribution in [0.2, 0.25) is 0 Å². The van der Waals surface area contributed by atoms with Crippen molar-refractivity contribution in [3.63, 3.8) is 0 Å². The van der Waals surface area contributed by atoms with Gasteiger partial charge in [-0.15, -0.1) is 0 Å². The molecule has 1 rings (SSSR count). The molecule has 0 spiro atoms. The van der Waals surface area contributed by atoms with E-state index in [1.54, 1.807) is 0 Å². The van der Waals surface area contributed by atoms with Crippen LogP contribution in [0.15, 0.2) is 12.5 Å². The maximum Gasteiger partial charge on any atom is 0.326 e. The summed E-state index contributed by atoms with van der Waals surface area (Å²) in [6.07, 6.45) is 3.48. The maximum atomic E-state index is 12.2. The fourth-order valence-corrected chi connectivity index (χ4v) is 2.68. The molecule has 0 bridgehead atoms. The lowest BCUT2D eigenvalue weighted by atomic mass is 10.0. The first-order valence-electron chi connectivity index (χ1n) is 9.08. The fourth-order valence-electron chi connectivity index (χ4n) is 2.43. The van der Waals surface area contributed by atoms with Crippen LogP contribution >= 0.6 is 12.6 Å². The number of imidazole rings is 1. The summed E-state index contributed by atoms with van der Waals surface area (Å²) in [4.78, 5) is 54.2. The van der Waals surface area contributed by atoms with Crippen LogP contribution < -0.4 is 21.7 Å². The van der Waals surface area contributed by atoms with Crippen LogP contribution in [0.4, 0.5) is 0 Å². The van der Waals surface area contributed by atoms with E-state index in [9.17, 15) is 19.2 Å². The molecule has 1 aromatic heterocycles. The van der Waals surface area contributed by atoms with Gasteiger partial charge in [0.1, 0.15) is 12.1 Å². The van der Waals surface area contributed by atoms with Crippen molar-refractivity contribution in [2.45, 2.75) is 44.8 Å². The highest BCUT2D eigenvalue weighted by atomic mass is 32.1. The van der Waals surface area contributed by atoms with Gasteiger partial charge in [-0.2, -0.15) is 12.6 Å². The van der Waals surface area contributed by atoms with Gasteiger partial charge in [-0.3, -0.25) is 14.4 Å². The van der Waals surface area contributed by atoms with Gasteiger partial charge in [-0.25, -0.2) is 9.78 Å². The molecule has 7 N–H and O–H groups in total. The Morgan fingerprint density at radius 2 is 1.90 bits per heavy atom. The Balaban J connectivity index is 2.50. The van der Waals surface area contributed by atoms with Crippen LogP contribution in [0, 0.1) is 5.92 Å². The summed E-state index contributed by atoms with van der Waals surface area (Å²) in [5.74, 6) is -2.92. The molecule has 0 saturated carbocycles.